The summed E-state index contributed by atoms with van der Waals surface area (Å²) in [5.41, 5.74) is 0.530. The van der Waals surface area contributed by atoms with Gasteiger partial charge in [0.1, 0.15) is 0 Å². The molecule has 2 rings (SSSR count). The lowest BCUT2D eigenvalue weighted by molar-refractivity contribution is 0.505. The molecule has 0 aliphatic heterocycles. The van der Waals surface area contributed by atoms with E-state index in [9.17, 15) is 8.78 Å². The quantitative estimate of drug-likeness (QED) is 0.727. The van der Waals surface area contributed by atoms with Crippen molar-refractivity contribution in [2.75, 3.05) is 0 Å². The third-order valence-electron chi connectivity index (χ3n) is 2.29. The van der Waals surface area contributed by atoms with Crippen molar-refractivity contribution in [1.82, 2.24) is 9.97 Å². The molecule has 0 saturated carbocycles. The van der Waals surface area contributed by atoms with E-state index in [2.05, 4.69) is 9.97 Å². The summed E-state index contributed by atoms with van der Waals surface area (Å²) in [6.45, 7) is 1.66. The maximum atomic E-state index is 13.4. The molecule has 0 amide bonds. The highest BCUT2D eigenvalue weighted by molar-refractivity contribution is 5.54. The normalized spacial score (nSPS) is 10.4. The van der Waals surface area contributed by atoms with Gasteiger partial charge in [0, 0.05) is 5.56 Å². The van der Waals surface area contributed by atoms with Gasteiger partial charge in [-0.2, -0.15) is 18.7 Å². The lowest BCUT2D eigenvalue weighted by atomic mass is 10.2. The van der Waals surface area contributed by atoms with Crippen LogP contribution in [0.15, 0.2) is 30.3 Å². The predicted molar refractivity (Wildman–Crippen MR) is 56.8 cm³/mol. The summed E-state index contributed by atoms with van der Waals surface area (Å²) in [6, 6.07) is 8.76. The maximum Gasteiger partial charge on any atom is 0.222 e. The molecule has 1 heterocycles. The Balaban J connectivity index is 2.53. The Kier molecular flexibility index (Phi) is 2.90. The van der Waals surface area contributed by atoms with Gasteiger partial charge in [0.05, 0.1) is 5.56 Å². The van der Waals surface area contributed by atoms with Crippen molar-refractivity contribution < 1.29 is 8.78 Å². The van der Waals surface area contributed by atoms with Crippen LogP contribution < -0.4 is 0 Å². The third kappa shape index (κ3) is 1.91. The molecule has 0 spiro atoms. The summed E-state index contributed by atoms with van der Waals surface area (Å²) in [4.78, 5) is 7.31. The first-order valence-electron chi connectivity index (χ1n) is 4.99. The highest BCUT2D eigenvalue weighted by atomic mass is 19.1. The van der Waals surface area contributed by atoms with E-state index >= 15 is 0 Å². The molecule has 1 aromatic carbocycles. The third-order valence-corrected chi connectivity index (χ3v) is 2.29. The molecule has 0 bridgehead atoms. The molecular weight excluding hydrogens is 210 g/mol. The first-order valence-corrected chi connectivity index (χ1v) is 4.99. The monoisotopic (exact) mass is 220 g/mol. The molecule has 0 fully saturated rings. The van der Waals surface area contributed by atoms with Gasteiger partial charge in [0.2, 0.25) is 11.9 Å². The van der Waals surface area contributed by atoms with Gasteiger partial charge in [-0.05, 0) is 6.42 Å². The summed E-state index contributed by atoms with van der Waals surface area (Å²) in [5.74, 6) is -1.49. The minimum atomic E-state index is -0.783. The van der Waals surface area contributed by atoms with Gasteiger partial charge >= 0.3 is 0 Å². The Morgan fingerprint density at radius 3 is 2.06 bits per heavy atom. The van der Waals surface area contributed by atoms with Crippen LogP contribution in [0.2, 0.25) is 0 Å². The largest absolute Gasteiger partial charge is 0.222 e. The average Bonchev–Trinajstić information content (AvgIpc) is 2.30. The molecule has 0 saturated heterocycles. The van der Waals surface area contributed by atoms with Crippen molar-refractivity contribution in [1.29, 1.82) is 0 Å². The smallest absolute Gasteiger partial charge is 0.199 e. The molecular formula is C12H10F2N2. The predicted octanol–water partition coefficient (Wildman–Crippen LogP) is 2.98. The van der Waals surface area contributed by atoms with Crippen LogP contribution in [-0.2, 0) is 6.42 Å². The van der Waals surface area contributed by atoms with Crippen LogP contribution in [0.4, 0.5) is 8.78 Å². The molecule has 0 N–H and O–H groups in total. The Morgan fingerprint density at radius 2 is 1.56 bits per heavy atom. The van der Waals surface area contributed by atoms with Crippen LogP contribution in [0.1, 0.15) is 12.5 Å². The number of hydrogen-bond donors (Lipinski definition) is 0. The van der Waals surface area contributed by atoms with E-state index in [0.29, 0.717) is 5.56 Å². The summed E-state index contributed by atoms with van der Waals surface area (Å²) >= 11 is 0. The van der Waals surface area contributed by atoms with E-state index in [4.69, 9.17) is 0 Å². The molecule has 0 radical (unpaired) electrons. The van der Waals surface area contributed by atoms with E-state index < -0.39 is 11.9 Å². The highest BCUT2D eigenvalue weighted by Crippen LogP contribution is 2.17. The average molecular weight is 220 g/mol. The SMILES string of the molecule is CCc1c(F)nc(-c2ccccc2)nc1F. The van der Waals surface area contributed by atoms with Crippen LogP contribution in [0, 0.1) is 11.9 Å². The maximum absolute atomic E-state index is 13.4. The Bertz CT molecular complexity index is 475. The lowest BCUT2D eigenvalue weighted by Crippen LogP contribution is -2.03. The van der Waals surface area contributed by atoms with Gasteiger partial charge in [-0.15, -0.1) is 0 Å². The van der Waals surface area contributed by atoms with Crippen molar-refractivity contribution in [3.8, 4) is 11.4 Å². The van der Waals surface area contributed by atoms with Crippen LogP contribution >= 0.6 is 0 Å². The second-order valence-electron chi connectivity index (χ2n) is 3.33. The van der Waals surface area contributed by atoms with Crippen molar-refractivity contribution in [2.45, 2.75) is 13.3 Å². The number of hydrogen-bond acceptors (Lipinski definition) is 2. The molecule has 82 valence electrons. The molecule has 16 heavy (non-hydrogen) atoms. The van der Waals surface area contributed by atoms with Gasteiger partial charge in [-0.1, -0.05) is 37.3 Å². The molecule has 0 unspecified atom stereocenters. The van der Waals surface area contributed by atoms with E-state index in [0.717, 1.165) is 0 Å². The molecule has 0 aliphatic rings. The molecule has 1 aromatic heterocycles. The molecule has 0 aliphatic carbocycles. The van der Waals surface area contributed by atoms with Crippen LogP contribution in [0.25, 0.3) is 11.4 Å². The second-order valence-corrected chi connectivity index (χ2v) is 3.33. The minimum absolute atomic E-state index is 0.0697. The Morgan fingerprint density at radius 1 is 1.00 bits per heavy atom. The second kappa shape index (κ2) is 4.35. The molecule has 4 heteroatoms. The summed E-state index contributed by atoms with van der Waals surface area (Å²) in [5, 5.41) is 0. The highest BCUT2D eigenvalue weighted by Gasteiger charge is 2.13. The Labute approximate surface area is 92.0 Å². The number of benzene rings is 1. The number of halogens is 2. The fourth-order valence-electron chi connectivity index (χ4n) is 1.44. The van der Waals surface area contributed by atoms with Gasteiger partial charge in [-0.3, -0.25) is 0 Å². The van der Waals surface area contributed by atoms with E-state index in [1.165, 1.54) is 0 Å². The number of rotatable bonds is 2. The zero-order valence-electron chi connectivity index (χ0n) is 8.74. The first kappa shape index (κ1) is 10.7. The number of nitrogens with zero attached hydrogens (tertiary/aromatic N) is 2. The fourth-order valence-corrected chi connectivity index (χ4v) is 1.44. The zero-order chi connectivity index (χ0) is 11.5. The standard InChI is InChI=1S/C12H10F2N2/c1-2-9-10(13)15-12(16-11(9)14)8-6-4-3-5-7-8/h3-7H,2H2,1H3. The van der Waals surface area contributed by atoms with Crippen LogP contribution in [0.3, 0.4) is 0 Å². The minimum Gasteiger partial charge on any atom is -0.199 e. The topological polar surface area (TPSA) is 25.8 Å². The number of aromatic nitrogens is 2. The lowest BCUT2D eigenvalue weighted by Gasteiger charge is -2.04. The zero-order valence-corrected chi connectivity index (χ0v) is 8.74. The Hall–Kier alpha value is -1.84. The van der Waals surface area contributed by atoms with E-state index in [1.54, 1.807) is 31.2 Å². The van der Waals surface area contributed by atoms with Gasteiger partial charge in [0.15, 0.2) is 5.82 Å². The summed E-state index contributed by atoms with van der Waals surface area (Å²) in [7, 11) is 0. The van der Waals surface area contributed by atoms with Crippen molar-refractivity contribution >= 4 is 0 Å². The van der Waals surface area contributed by atoms with Crippen molar-refractivity contribution in [3.63, 3.8) is 0 Å². The molecule has 2 aromatic rings. The first-order chi connectivity index (χ1) is 7.72. The van der Waals surface area contributed by atoms with Gasteiger partial charge in [0.25, 0.3) is 0 Å². The van der Waals surface area contributed by atoms with Gasteiger partial charge in [-0.25, -0.2) is 0 Å². The fraction of sp³-hybridized carbons (Fsp3) is 0.167. The molecule has 2 nitrogen and oxygen atoms in total. The van der Waals surface area contributed by atoms with E-state index in [1.807, 2.05) is 6.07 Å². The van der Waals surface area contributed by atoms with E-state index in [-0.39, 0.29) is 17.8 Å². The van der Waals surface area contributed by atoms with Gasteiger partial charge < -0.3 is 0 Å². The van der Waals surface area contributed by atoms with Crippen LogP contribution in [0.5, 0.6) is 0 Å². The van der Waals surface area contributed by atoms with Crippen molar-refractivity contribution in [3.05, 3.63) is 47.8 Å². The van der Waals surface area contributed by atoms with Crippen molar-refractivity contribution in [2.24, 2.45) is 0 Å². The molecule has 0 atom stereocenters. The summed E-state index contributed by atoms with van der Waals surface area (Å²) in [6.07, 6.45) is 0.243. The van der Waals surface area contributed by atoms with Crippen LogP contribution in [-0.4, -0.2) is 9.97 Å². The summed E-state index contributed by atoms with van der Waals surface area (Å²) < 4.78 is 26.8.